The van der Waals surface area contributed by atoms with Gasteiger partial charge in [-0.3, -0.25) is 0 Å². The summed E-state index contributed by atoms with van der Waals surface area (Å²) in [5.74, 6) is 1.09. The van der Waals surface area contributed by atoms with Crippen LogP contribution >= 0.6 is 0 Å². The molecule has 1 heterocycles. The summed E-state index contributed by atoms with van der Waals surface area (Å²) in [4.78, 5) is 0. The molecule has 0 spiro atoms. The van der Waals surface area contributed by atoms with Crippen LogP contribution in [0.15, 0.2) is 36.4 Å². The first-order valence-corrected chi connectivity index (χ1v) is 4.96. The minimum Gasteiger partial charge on any atom is -0.438 e. The largest absolute Gasteiger partial charge is 0.438 e. The van der Waals surface area contributed by atoms with Crippen LogP contribution in [0.4, 0.5) is 0 Å². The van der Waals surface area contributed by atoms with E-state index in [0.717, 1.165) is 11.3 Å². The molecule has 0 saturated heterocycles. The number of ether oxygens (including phenoxy) is 1. The van der Waals surface area contributed by atoms with Crippen molar-refractivity contribution in [2.45, 2.75) is 13.5 Å². The van der Waals surface area contributed by atoms with Crippen molar-refractivity contribution in [3.05, 3.63) is 47.7 Å². The molecule has 0 fully saturated rings. The van der Waals surface area contributed by atoms with Crippen LogP contribution < -0.4 is 4.74 Å². The van der Waals surface area contributed by atoms with Gasteiger partial charge in [-0.25, -0.2) is 0 Å². The Bertz CT molecular complexity index is 469. The Morgan fingerprint density at radius 1 is 1.19 bits per heavy atom. The third-order valence-corrected chi connectivity index (χ3v) is 2.08. The van der Waals surface area contributed by atoms with Gasteiger partial charge in [-0.2, -0.15) is 5.10 Å². The topological polar surface area (TPSA) is 55.2 Å². The van der Waals surface area contributed by atoms with Gasteiger partial charge in [-0.05, 0) is 30.7 Å². The number of hydrogen-bond acceptors (Lipinski definition) is 4. The maximum absolute atomic E-state index is 8.98. The Hall–Kier alpha value is -1.94. The monoisotopic (exact) mass is 216 g/mol. The number of nitrogens with zero attached hydrogens (tertiary/aromatic N) is 2. The number of aromatic nitrogens is 2. The number of rotatable bonds is 3. The quantitative estimate of drug-likeness (QED) is 0.853. The second kappa shape index (κ2) is 4.72. The molecule has 1 aromatic carbocycles. The highest BCUT2D eigenvalue weighted by molar-refractivity contribution is 5.31. The van der Waals surface area contributed by atoms with Crippen LogP contribution in [-0.4, -0.2) is 15.3 Å². The van der Waals surface area contributed by atoms with Crippen molar-refractivity contribution in [3.63, 3.8) is 0 Å². The summed E-state index contributed by atoms with van der Waals surface area (Å²) in [7, 11) is 0. The van der Waals surface area contributed by atoms with Crippen molar-refractivity contribution in [1.29, 1.82) is 0 Å². The van der Waals surface area contributed by atoms with Crippen molar-refractivity contribution in [2.24, 2.45) is 0 Å². The first-order chi connectivity index (χ1) is 7.78. The van der Waals surface area contributed by atoms with Crippen molar-refractivity contribution in [2.75, 3.05) is 0 Å². The number of hydrogen-bond donors (Lipinski definition) is 1. The van der Waals surface area contributed by atoms with E-state index in [2.05, 4.69) is 10.2 Å². The minimum absolute atomic E-state index is 0.00320. The van der Waals surface area contributed by atoms with Gasteiger partial charge in [0.2, 0.25) is 5.88 Å². The van der Waals surface area contributed by atoms with Gasteiger partial charge in [0.15, 0.2) is 0 Å². The molecule has 0 saturated carbocycles. The second-order valence-electron chi connectivity index (χ2n) is 3.42. The Labute approximate surface area is 93.5 Å². The van der Waals surface area contributed by atoms with E-state index in [9.17, 15) is 0 Å². The zero-order chi connectivity index (χ0) is 11.4. The summed E-state index contributed by atoms with van der Waals surface area (Å²) in [6.45, 7) is 1.86. The third kappa shape index (κ3) is 2.55. The molecular formula is C12H12N2O2. The highest BCUT2D eigenvalue weighted by Gasteiger charge is 2.00. The first kappa shape index (κ1) is 10.6. The Balaban J connectivity index is 2.16. The summed E-state index contributed by atoms with van der Waals surface area (Å²) in [5, 5.41) is 16.8. The van der Waals surface area contributed by atoms with E-state index in [0.29, 0.717) is 11.6 Å². The average molecular weight is 216 g/mol. The van der Waals surface area contributed by atoms with Crippen LogP contribution in [0.1, 0.15) is 11.3 Å². The van der Waals surface area contributed by atoms with Gasteiger partial charge in [0, 0.05) is 6.07 Å². The van der Waals surface area contributed by atoms with E-state index in [4.69, 9.17) is 9.84 Å². The molecule has 0 aliphatic heterocycles. The lowest BCUT2D eigenvalue weighted by molar-refractivity contribution is 0.281. The zero-order valence-electron chi connectivity index (χ0n) is 8.92. The summed E-state index contributed by atoms with van der Waals surface area (Å²) in [5.41, 5.74) is 1.65. The predicted molar refractivity (Wildman–Crippen MR) is 59.2 cm³/mol. The van der Waals surface area contributed by atoms with E-state index in [1.54, 1.807) is 18.2 Å². The molecule has 1 aromatic heterocycles. The number of aliphatic hydroxyl groups is 1. The average Bonchev–Trinajstić information content (AvgIpc) is 2.32. The lowest BCUT2D eigenvalue weighted by Gasteiger charge is -2.05. The predicted octanol–water partition coefficient (Wildman–Crippen LogP) is 2.07. The molecule has 1 N–H and O–H groups in total. The van der Waals surface area contributed by atoms with Gasteiger partial charge in [0.25, 0.3) is 0 Å². The second-order valence-corrected chi connectivity index (χ2v) is 3.42. The van der Waals surface area contributed by atoms with Crippen LogP contribution in [0, 0.1) is 6.92 Å². The molecule has 0 radical (unpaired) electrons. The molecule has 82 valence electrons. The summed E-state index contributed by atoms with van der Waals surface area (Å²) < 4.78 is 5.49. The molecule has 4 nitrogen and oxygen atoms in total. The van der Waals surface area contributed by atoms with Crippen LogP contribution in [0.25, 0.3) is 0 Å². The molecule has 0 atom stereocenters. The number of aliphatic hydroxyl groups excluding tert-OH is 1. The van der Waals surface area contributed by atoms with Gasteiger partial charge >= 0.3 is 0 Å². The van der Waals surface area contributed by atoms with Crippen LogP contribution in [0.3, 0.4) is 0 Å². The van der Waals surface area contributed by atoms with Gasteiger partial charge in [-0.1, -0.05) is 12.1 Å². The van der Waals surface area contributed by atoms with Crippen LogP contribution in [0.5, 0.6) is 11.6 Å². The summed E-state index contributed by atoms with van der Waals surface area (Å²) in [6.07, 6.45) is 0. The molecule has 4 heteroatoms. The normalized spacial score (nSPS) is 10.1. The molecule has 2 aromatic rings. The van der Waals surface area contributed by atoms with E-state index >= 15 is 0 Å². The lowest BCUT2D eigenvalue weighted by Crippen LogP contribution is -1.92. The van der Waals surface area contributed by atoms with E-state index < -0.39 is 0 Å². The Morgan fingerprint density at radius 3 is 2.75 bits per heavy atom. The molecule has 0 unspecified atom stereocenters. The molecule has 0 aliphatic carbocycles. The molecule has 16 heavy (non-hydrogen) atoms. The summed E-state index contributed by atoms with van der Waals surface area (Å²) >= 11 is 0. The number of benzene rings is 1. The van der Waals surface area contributed by atoms with Gasteiger partial charge in [0.1, 0.15) is 5.75 Å². The molecule has 0 aliphatic rings. The maximum atomic E-state index is 8.98. The standard InChI is InChI=1S/C12H12N2O2/c1-9-5-6-12(14-13-9)16-11-4-2-3-10(7-11)8-15/h2-7,15H,8H2,1H3. The highest BCUT2D eigenvalue weighted by Crippen LogP contribution is 2.19. The SMILES string of the molecule is Cc1ccc(Oc2cccc(CO)c2)nn1. The van der Waals surface area contributed by atoms with Gasteiger partial charge in [-0.15, -0.1) is 5.10 Å². The minimum atomic E-state index is -0.00320. The molecular weight excluding hydrogens is 204 g/mol. The van der Waals surface area contributed by atoms with Crippen molar-refractivity contribution < 1.29 is 9.84 Å². The van der Waals surface area contributed by atoms with Crippen molar-refractivity contribution in [1.82, 2.24) is 10.2 Å². The maximum Gasteiger partial charge on any atom is 0.238 e. The first-order valence-electron chi connectivity index (χ1n) is 4.96. The number of aryl methyl sites for hydroxylation is 1. The summed E-state index contributed by atoms with van der Waals surface area (Å²) in [6, 6.07) is 10.8. The Kier molecular flexibility index (Phi) is 3.12. The fourth-order valence-corrected chi connectivity index (χ4v) is 1.27. The van der Waals surface area contributed by atoms with Crippen molar-refractivity contribution >= 4 is 0 Å². The lowest BCUT2D eigenvalue weighted by atomic mass is 10.2. The Morgan fingerprint density at radius 2 is 2.06 bits per heavy atom. The van der Waals surface area contributed by atoms with Gasteiger partial charge in [0.05, 0.1) is 12.3 Å². The van der Waals surface area contributed by atoms with Gasteiger partial charge < -0.3 is 9.84 Å². The van der Waals surface area contributed by atoms with E-state index in [1.807, 2.05) is 25.1 Å². The smallest absolute Gasteiger partial charge is 0.238 e. The highest BCUT2D eigenvalue weighted by atomic mass is 16.5. The fourth-order valence-electron chi connectivity index (χ4n) is 1.27. The molecule has 0 bridgehead atoms. The molecule has 0 amide bonds. The zero-order valence-corrected chi connectivity index (χ0v) is 8.92. The van der Waals surface area contributed by atoms with E-state index in [1.165, 1.54) is 0 Å². The van der Waals surface area contributed by atoms with Crippen LogP contribution in [-0.2, 0) is 6.61 Å². The fraction of sp³-hybridized carbons (Fsp3) is 0.167. The van der Waals surface area contributed by atoms with E-state index in [-0.39, 0.29) is 6.61 Å². The molecule has 2 rings (SSSR count). The third-order valence-electron chi connectivity index (χ3n) is 2.08. The van der Waals surface area contributed by atoms with Crippen molar-refractivity contribution in [3.8, 4) is 11.6 Å². The van der Waals surface area contributed by atoms with Crippen LogP contribution in [0.2, 0.25) is 0 Å².